The molecule has 2 aromatic rings. The van der Waals surface area contributed by atoms with Crippen LogP contribution in [-0.2, 0) is 15.7 Å². The van der Waals surface area contributed by atoms with E-state index in [1.165, 1.54) is 20.2 Å². The van der Waals surface area contributed by atoms with Crippen LogP contribution in [0.15, 0.2) is 16.7 Å². The molecule has 0 aliphatic heterocycles. The van der Waals surface area contributed by atoms with Crippen LogP contribution in [0.25, 0.3) is 10.7 Å². The number of nitrogens with zero attached hydrogens (tertiary/aromatic N) is 2. The Kier molecular flexibility index (Phi) is 4.28. The quantitative estimate of drug-likeness (QED) is 0.934. The second kappa shape index (κ2) is 5.82. The molecule has 0 unspecified atom stereocenters. The summed E-state index contributed by atoms with van der Waals surface area (Å²) < 4.78 is 46.4. The number of alkyl halides is 3. The number of rotatable bonds is 4. The minimum absolute atomic E-state index is 0.190. The van der Waals surface area contributed by atoms with Gasteiger partial charge in [0.2, 0.25) is 5.82 Å². The first kappa shape index (κ1) is 15.4. The van der Waals surface area contributed by atoms with E-state index in [1.54, 1.807) is 6.07 Å². The number of hydrogen-bond acceptors (Lipinski definition) is 6. The van der Waals surface area contributed by atoms with E-state index in [0.717, 1.165) is 11.3 Å². The second-order valence-corrected chi connectivity index (χ2v) is 4.97. The molecule has 0 bridgehead atoms. The smallest absolute Gasteiger partial charge is 0.366 e. The lowest BCUT2D eigenvalue weighted by molar-refractivity contribution is -0.159. The van der Waals surface area contributed by atoms with Crippen LogP contribution in [0.1, 0.15) is 16.9 Å². The van der Waals surface area contributed by atoms with Gasteiger partial charge in [-0.05, 0) is 12.1 Å². The van der Waals surface area contributed by atoms with E-state index >= 15 is 0 Å². The summed E-state index contributed by atoms with van der Waals surface area (Å²) in [6.07, 6.45) is -5.54. The molecule has 0 spiro atoms. The molecule has 1 amide bonds. The van der Waals surface area contributed by atoms with E-state index < -0.39 is 18.2 Å². The molecule has 0 aromatic carbocycles. The maximum absolute atomic E-state index is 12.4. The summed E-state index contributed by atoms with van der Waals surface area (Å²) in [6, 6.07) is 3.06. The predicted octanol–water partition coefficient (Wildman–Crippen LogP) is 2.25. The lowest BCUT2D eigenvalue weighted by atomic mass is 10.2. The molecular formula is C11H10F3N3O3S. The van der Waals surface area contributed by atoms with Crippen LogP contribution in [0.5, 0.6) is 0 Å². The number of hydrogen-bond donors (Lipinski definition) is 1. The van der Waals surface area contributed by atoms with Gasteiger partial charge in [-0.3, -0.25) is 4.79 Å². The summed E-state index contributed by atoms with van der Waals surface area (Å²) in [7, 11) is 2.81. The fourth-order valence-corrected chi connectivity index (χ4v) is 2.55. The highest BCUT2D eigenvalue weighted by atomic mass is 32.1. The first-order valence-electron chi connectivity index (χ1n) is 5.62. The van der Waals surface area contributed by atoms with Crippen molar-refractivity contribution in [2.24, 2.45) is 0 Å². The van der Waals surface area contributed by atoms with Crippen molar-refractivity contribution < 1.29 is 27.2 Å². The normalized spacial score (nSPS) is 13.2. The lowest BCUT2D eigenvalue weighted by Crippen LogP contribution is -2.26. The fourth-order valence-electron chi connectivity index (χ4n) is 1.54. The molecule has 0 aliphatic carbocycles. The number of amides is 1. The van der Waals surface area contributed by atoms with Crippen LogP contribution in [0.4, 0.5) is 13.2 Å². The zero-order valence-corrected chi connectivity index (χ0v) is 11.7. The Morgan fingerprint density at radius 3 is 2.71 bits per heavy atom. The first-order chi connectivity index (χ1) is 9.86. The third-order valence-electron chi connectivity index (χ3n) is 2.49. The van der Waals surface area contributed by atoms with Gasteiger partial charge in [-0.2, -0.15) is 18.2 Å². The van der Waals surface area contributed by atoms with E-state index in [0.29, 0.717) is 9.75 Å². The number of aromatic nitrogens is 2. The van der Waals surface area contributed by atoms with Gasteiger partial charge in [0.1, 0.15) is 0 Å². The maximum Gasteiger partial charge on any atom is 0.471 e. The molecule has 0 radical (unpaired) electrons. The molecule has 2 heterocycles. The standard InChI is InChI=1S/C11H10F3N3O3S/c1-15-9(18)7(19-2)5-3-4-6(21-5)8-16-10(20-17-8)11(12,13)14/h3-4,7H,1-2H3,(H,15,18)/t7-/m0/s1. The Morgan fingerprint density at radius 1 is 1.48 bits per heavy atom. The molecular weight excluding hydrogens is 311 g/mol. The Hall–Kier alpha value is -1.94. The van der Waals surface area contributed by atoms with Crippen LogP contribution < -0.4 is 5.32 Å². The maximum atomic E-state index is 12.4. The molecule has 0 aliphatic rings. The van der Waals surface area contributed by atoms with E-state index in [1.807, 2.05) is 0 Å². The number of nitrogens with one attached hydrogen (secondary N) is 1. The third-order valence-corrected chi connectivity index (χ3v) is 3.62. The number of carbonyl (C=O) groups excluding carboxylic acids is 1. The summed E-state index contributed by atoms with van der Waals surface area (Å²) in [4.78, 5) is 15.7. The number of methoxy groups -OCH3 is 1. The Morgan fingerprint density at radius 2 is 2.19 bits per heavy atom. The minimum Gasteiger partial charge on any atom is -0.366 e. The van der Waals surface area contributed by atoms with Crippen molar-refractivity contribution in [1.29, 1.82) is 0 Å². The van der Waals surface area contributed by atoms with Gasteiger partial charge in [-0.25, -0.2) is 0 Å². The van der Waals surface area contributed by atoms with Gasteiger partial charge < -0.3 is 14.6 Å². The van der Waals surface area contributed by atoms with E-state index in [9.17, 15) is 18.0 Å². The minimum atomic E-state index is -4.69. The van der Waals surface area contributed by atoms with Gasteiger partial charge in [0, 0.05) is 19.0 Å². The molecule has 0 saturated heterocycles. The molecule has 0 saturated carbocycles. The van der Waals surface area contributed by atoms with E-state index in [2.05, 4.69) is 20.0 Å². The first-order valence-corrected chi connectivity index (χ1v) is 6.44. The van der Waals surface area contributed by atoms with Crippen LogP contribution in [0, 0.1) is 0 Å². The van der Waals surface area contributed by atoms with Gasteiger partial charge in [-0.15, -0.1) is 11.3 Å². The van der Waals surface area contributed by atoms with Gasteiger partial charge in [0.05, 0.1) is 4.88 Å². The lowest BCUT2D eigenvalue weighted by Gasteiger charge is -2.10. The number of thiophene rings is 1. The Labute approximate surface area is 120 Å². The Bertz CT molecular complexity index is 638. The van der Waals surface area contributed by atoms with Crippen LogP contribution in [-0.4, -0.2) is 30.2 Å². The van der Waals surface area contributed by atoms with Crippen LogP contribution in [0.2, 0.25) is 0 Å². The van der Waals surface area contributed by atoms with E-state index in [-0.39, 0.29) is 11.7 Å². The monoisotopic (exact) mass is 321 g/mol. The average molecular weight is 321 g/mol. The number of ether oxygens (including phenoxy) is 1. The van der Waals surface area contributed by atoms with E-state index in [4.69, 9.17) is 4.74 Å². The van der Waals surface area contributed by atoms with Crippen LogP contribution >= 0.6 is 11.3 Å². The molecule has 1 atom stereocenters. The highest BCUT2D eigenvalue weighted by molar-refractivity contribution is 7.15. The topological polar surface area (TPSA) is 77.2 Å². The second-order valence-electron chi connectivity index (χ2n) is 3.85. The van der Waals surface area contributed by atoms with Gasteiger partial charge in [-0.1, -0.05) is 5.16 Å². The van der Waals surface area contributed by atoms with Crippen molar-refractivity contribution in [2.75, 3.05) is 14.2 Å². The predicted molar refractivity (Wildman–Crippen MR) is 66.4 cm³/mol. The zero-order valence-electron chi connectivity index (χ0n) is 10.9. The number of likely N-dealkylation sites (N-methyl/N-ethyl adjacent to an activating group) is 1. The largest absolute Gasteiger partial charge is 0.471 e. The van der Waals surface area contributed by atoms with Crippen molar-refractivity contribution in [3.05, 3.63) is 22.9 Å². The average Bonchev–Trinajstić information content (AvgIpc) is 3.06. The van der Waals surface area contributed by atoms with Gasteiger partial charge in [0.25, 0.3) is 5.91 Å². The summed E-state index contributed by atoms with van der Waals surface area (Å²) in [5, 5.41) is 5.71. The zero-order chi connectivity index (χ0) is 15.6. The fraction of sp³-hybridized carbons (Fsp3) is 0.364. The molecule has 1 N–H and O–H groups in total. The molecule has 2 aromatic heterocycles. The third kappa shape index (κ3) is 3.22. The number of halogens is 3. The molecule has 0 fully saturated rings. The van der Waals surface area contributed by atoms with Crippen molar-refractivity contribution in [1.82, 2.24) is 15.5 Å². The number of carbonyl (C=O) groups is 1. The molecule has 2 rings (SSSR count). The summed E-state index contributed by atoms with van der Waals surface area (Å²) >= 11 is 1.05. The van der Waals surface area contributed by atoms with Crippen LogP contribution in [0.3, 0.4) is 0 Å². The summed E-state index contributed by atoms with van der Waals surface area (Å²) in [5.41, 5.74) is 0. The molecule has 114 valence electrons. The molecule has 6 nitrogen and oxygen atoms in total. The van der Waals surface area contributed by atoms with Gasteiger partial charge in [0.15, 0.2) is 6.10 Å². The molecule has 21 heavy (non-hydrogen) atoms. The Balaban J connectivity index is 2.27. The van der Waals surface area contributed by atoms with Crippen molar-refractivity contribution in [3.8, 4) is 10.7 Å². The highest BCUT2D eigenvalue weighted by Crippen LogP contribution is 2.34. The van der Waals surface area contributed by atoms with Crippen molar-refractivity contribution in [2.45, 2.75) is 12.3 Å². The summed E-state index contributed by atoms with van der Waals surface area (Å²) in [5.74, 6) is -1.97. The molecule has 10 heteroatoms. The van der Waals surface area contributed by atoms with Crippen molar-refractivity contribution >= 4 is 17.2 Å². The van der Waals surface area contributed by atoms with Crippen molar-refractivity contribution in [3.63, 3.8) is 0 Å². The highest BCUT2D eigenvalue weighted by Gasteiger charge is 2.38. The van der Waals surface area contributed by atoms with Gasteiger partial charge >= 0.3 is 12.1 Å². The summed E-state index contributed by atoms with van der Waals surface area (Å²) in [6.45, 7) is 0. The SMILES string of the molecule is CNC(=O)[C@@H](OC)c1ccc(-c2noc(C(F)(F)F)n2)s1.